The monoisotopic (exact) mass is 483 g/mol. The van der Waals surface area contributed by atoms with Crippen LogP contribution in [0.15, 0.2) is 65.1 Å². The molecule has 0 spiro atoms. The average Bonchev–Trinajstić information content (AvgIpc) is 2.77. The average molecular weight is 485 g/mol. The Labute approximate surface area is 189 Å². The number of allylic oxidation sites excluding steroid dienone is 1. The Morgan fingerprint density at radius 1 is 1.00 bits per heavy atom. The molecule has 0 radical (unpaired) electrons. The predicted molar refractivity (Wildman–Crippen MR) is 123 cm³/mol. The van der Waals surface area contributed by atoms with Crippen molar-refractivity contribution in [3.8, 4) is 23.3 Å². The van der Waals surface area contributed by atoms with Crippen LogP contribution < -0.4 is 14.2 Å². The van der Waals surface area contributed by atoms with Gasteiger partial charge in [0.05, 0.1) is 30.3 Å². The highest BCUT2D eigenvalue weighted by Crippen LogP contribution is 2.32. The molecule has 0 aliphatic carbocycles. The molecule has 3 aromatic rings. The third-order valence-corrected chi connectivity index (χ3v) is 5.41. The number of rotatable bonds is 7. The van der Waals surface area contributed by atoms with Crippen LogP contribution in [0.3, 0.4) is 0 Å². The first-order chi connectivity index (χ1) is 14.5. The van der Waals surface area contributed by atoms with Gasteiger partial charge >= 0.3 is 0 Å². The second-order valence-corrected chi connectivity index (χ2v) is 7.57. The summed E-state index contributed by atoms with van der Waals surface area (Å²) in [5, 5.41) is 10.3. The molecule has 0 atom stereocenters. The lowest BCUT2D eigenvalue weighted by Crippen LogP contribution is -1.97. The molecule has 0 aliphatic rings. The van der Waals surface area contributed by atoms with Gasteiger partial charge in [0.2, 0.25) is 0 Å². The maximum Gasteiger partial charge on any atom is 0.161 e. The number of nitriles is 1. The Hall–Kier alpha value is -2.94. The predicted octanol–water partition coefficient (Wildman–Crippen LogP) is 6.76. The molecule has 0 heterocycles. The second kappa shape index (κ2) is 10.2. The van der Waals surface area contributed by atoms with E-state index in [0.29, 0.717) is 34.5 Å². The first-order valence-corrected chi connectivity index (χ1v) is 10.2. The van der Waals surface area contributed by atoms with Crippen LogP contribution >= 0.6 is 27.5 Å². The van der Waals surface area contributed by atoms with Gasteiger partial charge in [0.15, 0.2) is 11.5 Å². The zero-order valence-corrected chi connectivity index (χ0v) is 18.8. The summed E-state index contributed by atoms with van der Waals surface area (Å²) in [6.45, 7) is 0.364. The molecule has 30 heavy (non-hydrogen) atoms. The highest BCUT2D eigenvalue weighted by molar-refractivity contribution is 9.10. The van der Waals surface area contributed by atoms with Gasteiger partial charge in [0, 0.05) is 10.6 Å². The molecule has 3 aromatic carbocycles. The highest BCUT2D eigenvalue weighted by Gasteiger charge is 2.09. The van der Waals surface area contributed by atoms with Crippen LogP contribution in [0, 0.1) is 11.3 Å². The summed E-state index contributed by atoms with van der Waals surface area (Å²) in [7, 11) is 3.14. The van der Waals surface area contributed by atoms with Crippen molar-refractivity contribution in [2.24, 2.45) is 0 Å². The van der Waals surface area contributed by atoms with E-state index in [0.717, 1.165) is 21.2 Å². The highest BCUT2D eigenvalue weighted by atomic mass is 79.9. The first kappa shape index (κ1) is 21.8. The summed E-state index contributed by atoms with van der Waals surface area (Å²) in [5.41, 5.74) is 3.02. The number of methoxy groups -OCH3 is 2. The van der Waals surface area contributed by atoms with Crippen molar-refractivity contribution in [3.63, 3.8) is 0 Å². The minimum atomic E-state index is 0.364. The van der Waals surface area contributed by atoms with Crippen LogP contribution in [0.2, 0.25) is 5.02 Å². The van der Waals surface area contributed by atoms with E-state index in [1.54, 1.807) is 26.4 Å². The molecule has 0 saturated heterocycles. The van der Waals surface area contributed by atoms with E-state index in [1.165, 1.54) is 0 Å². The first-order valence-electron chi connectivity index (χ1n) is 9.05. The zero-order valence-electron chi connectivity index (χ0n) is 16.5. The molecule has 0 aliphatic heterocycles. The normalized spacial score (nSPS) is 11.0. The topological polar surface area (TPSA) is 51.5 Å². The largest absolute Gasteiger partial charge is 0.493 e. The number of halogens is 2. The summed E-state index contributed by atoms with van der Waals surface area (Å²) in [5.74, 6) is 1.87. The van der Waals surface area contributed by atoms with E-state index in [9.17, 15) is 5.26 Å². The van der Waals surface area contributed by atoms with Crippen LogP contribution in [0.5, 0.6) is 17.2 Å². The molecule has 0 fully saturated rings. The fourth-order valence-electron chi connectivity index (χ4n) is 2.85. The van der Waals surface area contributed by atoms with Crippen LogP contribution in [0.25, 0.3) is 11.6 Å². The van der Waals surface area contributed by atoms with Crippen molar-refractivity contribution < 1.29 is 14.2 Å². The van der Waals surface area contributed by atoms with E-state index < -0.39 is 0 Å². The molecular weight excluding hydrogens is 466 g/mol. The number of ether oxygens (including phenoxy) is 3. The molecule has 0 amide bonds. The second-order valence-electron chi connectivity index (χ2n) is 6.31. The summed E-state index contributed by atoms with van der Waals surface area (Å²) in [6, 6.07) is 20.9. The fraction of sp³-hybridized carbons (Fsp3) is 0.125. The Morgan fingerprint density at radius 2 is 1.73 bits per heavy atom. The van der Waals surface area contributed by atoms with Crippen molar-refractivity contribution in [2.75, 3.05) is 14.2 Å². The van der Waals surface area contributed by atoms with E-state index in [2.05, 4.69) is 22.0 Å². The molecule has 152 valence electrons. The van der Waals surface area contributed by atoms with Gasteiger partial charge in [0.1, 0.15) is 12.4 Å². The maximum atomic E-state index is 9.65. The number of benzene rings is 3. The third kappa shape index (κ3) is 5.15. The Balaban J connectivity index is 1.82. The Morgan fingerprint density at radius 3 is 2.40 bits per heavy atom. The summed E-state index contributed by atoms with van der Waals surface area (Å²) in [4.78, 5) is 0. The van der Waals surface area contributed by atoms with Gasteiger partial charge in [0.25, 0.3) is 0 Å². The van der Waals surface area contributed by atoms with Crippen LogP contribution in [0.4, 0.5) is 0 Å². The Bertz CT molecular complexity index is 1120. The molecule has 0 N–H and O–H groups in total. The van der Waals surface area contributed by atoms with E-state index >= 15 is 0 Å². The molecule has 0 saturated carbocycles. The SMILES string of the molecule is COc1ccc(/C(C#N)=C/c2ccc(OCc3ccccc3Cl)c(Br)c2)cc1OC. The minimum absolute atomic E-state index is 0.364. The van der Waals surface area contributed by atoms with Gasteiger partial charge in [-0.15, -0.1) is 0 Å². The molecular formula is C24H19BrClNO3. The molecule has 3 rings (SSSR count). The van der Waals surface area contributed by atoms with Crippen LogP contribution in [-0.4, -0.2) is 14.2 Å². The molecule has 6 heteroatoms. The van der Waals surface area contributed by atoms with Gasteiger partial charge in [-0.2, -0.15) is 5.26 Å². The summed E-state index contributed by atoms with van der Waals surface area (Å²) >= 11 is 9.72. The molecule has 0 bridgehead atoms. The van der Waals surface area contributed by atoms with Crippen molar-refractivity contribution in [1.29, 1.82) is 5.26 Å². The molecule has 0 unspecified atom stereocenters. The summed E-state index contributed by atoms with van der Waals surface area (Å²) in [6.07, 6.45) is 1.81. The third-order valence-electron chi connectivity index (χ3n) is 4.42. The molecule has 4 nitrogen and oxygen atoms in total. The summed E-state index contributed by atoms with van der Waals surface area (Å²) < 4.78 is 17.3. The van der Waals surface area contributed by atoms with E-state index in [1.807, 2.05) is 54.6 Å². The van der Waals surface area contributed by atoms with Crippen LogP contribution in [-0.2, 0) is 6.61 Å². The standard InChI is InChI=1S/C24H19BrClNO3/c1-28-23-10-8-17(13-24(23)29-2)19(14-27)11-16-7-9-22(20(25)12-16)30-15-18-5-3-4-6-21(18)26/h3-13H,15H2,1-2H3/b19-11+. The van der Waals surface area contributed by atoms with Gasteiger partial charge in [-0.05, 0) is 69.5 Å². The number of hydrogen-bond acceptors (Lipinski definition) is 4. The lowest BCUT2D eigenvalue weighted by atomic mass is 10.0. The van der Waals surface area contributed by atoms with Gasteiger partial charge < -0.3 is 14.2 Å². The zero-order chi connectivity index (χ0) is 21.5. The molecule has 0 aromatic heterocycles. The quantitative estimate of drug-likeness (QED) is 0.274. The Kier molecular flexibility index (Phi) is 7.40. The maximum absolute atomic E-state index is 9.65. The van der Waals surface area contributed by atoms with Crippen molar-refractivity contribution in [1.82, 2.24) is 0 Å². The fourth-order valence-corrected chi connectivity index (χ4v) is 3.55. The van der Waals surface area contributed by atoms with Crippen molar-refractivity contribution in [2.45, 2.75) is 6.61 Å². The smallest absolute Gasteiger partial charge is 0.161 e. The van der Waals surface area contributed by atoms with Gasteiger partial charge in [-0.3, -0.25) is 0 Å². The van der Waals surface area contributed by atoms with Crippen molar-refractivity contribution in [3.05, 3.63) is 86.8 Å². The van der Waals surface area contributed by atoms with Crippen LogP contribution in [0.1, 0.15) is 16.7 Å². The van der Waals surface area contributed by atoms with Gasteiger partial charge in [-0.25, -0.2) is 0 Å². The lowest BCUT2D eigenvalue weighted by molar-refractivity contribution is 0.304. The van der Waals surface area contributed by atoms with E-state index in [-0.39, 0.29) is 0 Å². The minimum Gasteiger partial charge on any atom is -0.493 e. The lowest BCUT2D eigenvalue weighted by Gasteiger charge is -2.11. The number of hydrogen-bond donors (Lipinski definition) is 0. The van der Waals surface area contributed by atoms with Gasteiger partial charge in [-0.1, -0.05) is 35.9 Å². The van der Waals surface area contributed by atoms with Crippen molar-refractivity contribution >= 4 is 39.2 Å². The number of nitrogens with zero attached hydrogens (tertiary/aromatic N) is 1. The van der Waals surface area contributed by atoms with E-state index in [4.69, 9.17) is 25.8 Å².